The molecule has 11 heavy (non-hydrogen) atoms. The summed E-state index contributed by atoms with van der Waals surface area (Å²) >= 11 is 0. The lowest BCUT2D eigenvalue weighted by atomic mass is 10.1. The van der Waals surface area contributed by atoms with Gasteiger partial charge in [0.2, 0.25) is 0 Å². The van der Waals surface area contributed by atoms with E-state index in [1.54, 1.807) is 6.08 Å². The number of rotatable bonds is 2. The minimum Gasteiger partial charge on any atom is -0.455 e. The first-order chi connectivity index (χ1) is 5.16. The van der Waals surface area contributed by atoms with Crippen molar-refractivity contribution in [3.8, 4) is 0 Å². The summed E-state index contributed by atoms with van der Waals surface area (Å²) in [5.74, 6) is -0.510. The molecule has 0 saturated carbocycles. The third kappa shape index (κ3) is 1.33. The van der Waals surface area contributed by atoms with Crippen LogP contribution in [0.15, 0.2) is 24.8 Å². The highest BCUT2D eigenvalue weighted by Gasteiger charge is 2.35. The molecule has 3 nitrogen and oxygen atoms in total. The summed E-state index contributed by atoms with van der Waals surface area (Å²) in [4.78, 5) is 10.8. The molecule has 1 aliphatic heterocycles. The third-order valence-electron chi connectivity index (χ3n) is 1.63. The number of cyclic esters (lactones) is 1. The average molecular weight is 154 g/mol. The number of hydrogen-bond donors (Lipinski definition) is 1. The molecule has 0 aromatic heterocycles. The van der Waals surface area contributed by atoms with E-state index in [1.807, 2.05) is 0 Å². The number of aliphatic hydroxyl groups excluding tert-OH is 1. The van der Waals surface area contributed by atoms with Gasteiger partial charge in [-0.2, -0.15) is 0 Å². The highest BCUT2D eigenvalue weighted by atomic mass is 16.6. The van der Waals surface area contributed by atoms with Gasteiger partial charge in [0.1, 0.15) is 12.2 Å². The fourth-order valence-electron chi connectivity index (χ4n) is 0.964. The Kier molecular flexibility index (Phi) is 2.10. The second kappa shape index (κ2) is 2.88. The molecule has 0 unspecified atom stereocenters. The van der Waals surface area contributed by atoms with Crippen molar-refractivity contribution in [3.63, 3.8) is 0 Å². The highest BCUT2D eigenvalue weighted by Crippen LogP contribution is 2.21. The van der Waals surface area contributed by atoms with Crippen LogP contribution in [0.1, 0.15) is 6.42 Å². The Hall–Kier alpha value is -1.09. The standard InChI is InChI=1S/C8H10O3/c1-3-4-6-7(9)5(2)8(10)11-6/h3,6-7,9H,1-2,4H2/t6-,7-/m1/s1. The Morgan fingerprint density at radius 1 is 1.73 bits per heavy atom. The number of carbonyl (C=O) groups excluding carboxylic acids is 1. The molecule has 60 valence electrons. The maximum absolute atomic E-state index is 10.8. The van der Waals surface area contributed by atoms with E-state index in [2.05, 4.69) is 13.2 Å². The van der Waals surface area contributed by atoms with Crippen LogP contribution in [0, 0.1) is 0 Å². The lowest BCUT2D eigenvalue weighted by molar-refractivity contribution is -0.139. The normalized spacial score (nSPS) is 30.3. The smallest absolute Gasteiger partial charge is 0.336 e. The van der Waals surface area contributed by atoms with Crippen LogP contribution < -0.4 is 0 Å². The molecule has 1 saturated heterocycles. The van der Waals surface area contributed by atoms with Crippen molar-refractivity contribution in [2.75, 3.05) is 0 Å². The first-order valence-corrected chi connectivity index (χ1v) is 3.35. The summed E-state index contributed by atoms with van der Waals surface area (Å²) in [6.45, 7) is 6.87. The SMILES string of the molecule is C=CC[C@H]1OC(=O)C(=C)[C@H]1O. The summed E-state index contributed by atoms with van der Waals surface area (Å²) in [5, 5.41) is 9.27. The van der Waals surface area contributed by atoms with Gasteiger partial charge in [0, 0.05) is 6.42 Å². The molecule has 1 fully saturated rings. The van der Waals surface area contributed by atoms with Crippen LogP contribution in [-0.2, 0) is 9.53 Å². The molecule has 1 rings (SSSR count). The maximum atomic E-state index is 10.8. The van der Waals surface area contributed by atoms with E-state index in [-0.39, 0.29) is 5.57 Å². The minimum absolute atomic E-state index is 0.136. The van der Waals surface area contributed by atoms with Gasteiger partial charge in [-0.1, -0.05) is 12.7 Å². The van der Waals surface area contributed by atoms with Gasteiger partial charge >= 0.3 is 5.97 Å². The van der Waals surface area contributed by atoms with Crippen LogP contribution in [0.25, 0.3) is 0 Å². The van der Waals surface area contributed by atoms with Gasteiger partial charge in [-0.05, 0) is 0 Å². The Labute approximate surface area is 65.0 Å². The fraction of sp³-hybridized carbons (Fsp3) is 0.375. The van der Waals surface area contributed by atoms with Crippen LogP contribution >= 0.6 is 0 Å². The molecule has 0 amide bonds. The lowest BCUT2D eigenvalue weighted by Gasteiger charge is -2.08. The zero-order valence-corrected chi connectivity index (χ0v) is 6.12. The molecule has 0 aliphatic carbocycles. The second-order valence-electron chi connectivity index (χ2n) is 2.44. The molecule has 0 bridgehead atoms. The Morgan fingerprint density at radius 3 is 2.73 bits per heavy atom. The summed E-state index contributed by atoms with van der Waals surface area (Å²) in [6.07, 6.45) is 0.721. The molecule has 1 N–H and O–H groups in total. The number of carbonyl (C=O) groups is 1. The molecule has 0 radical (unpaired) electrons. The number of aliphatic hydroxyl groups is 1. The number of hydrogen-bond acceptors (Lipinski definition) is 3. The summed E-state index contributed by atoms with van der Waals surface area (Å²) in [7, 11) is 0. The first kappa shape index (κ1) is 8.01. The summed E-state index contributed by atoms with van der Waals surface area (Å²) in [5.41, 5.74) is 0.136. The first-order valence-electron chi connectivity index (χ1n) is 3.35. The van der Waals surface area contributed by atoms with Crippen LogP contribution in [0.3, 0.4) is 0 Å². The molecule has 1 aliphatic rings. The molecule has 0 spiro atoms. The molecule has 0 aromatic rings. The second-order valence-corrected chi connectivity index (χ2v) is 2.44. The van der Waals surface area contributed by atoms with Crippen molar-refractivity contribution < 1.29 is 14.6 Å². The van der Waals surface area contributed by atoms with Crippen molar-refractivity contribution in [3.05, 3.63) is 24.8 Å². The van der Waals surface area contributed by atoms with E-state index in [4.69, 9.17) is 4.74 Å². The Balaban J connectivity index is 2.66. The molecule has 3 heteroatoms. The molecule has 0 aromatic carbocycles. The van der Waals surface area contributed by atoms with Gasteiger partial charge in [0.25, 0.3) is 0 Å². The van der Waals surface area contributed by atoms with Gasteiger partial charge in [0.05, 0.1) is 5.57 Å². The van der Waals surface area contributed by atoms with Crippen molar-refractivity contribution >= 4 is 5.97 Å². The van der Waals surface area contributed by atoms with E-state index in [9.17, 15) is 9.90 Å². The Bertz CT molecular complexity index is 207. The highest BCUT2D eigenvalue weighted by molar-refractivity contribution is 5.91. The van der Waals surface area contributed by atoms with Gasteiger partial charge in [0.15, 0.2) is 0 Å². The van der Waals surface area contributed by atoms with E-state index >= 15 is 0 Å². The van der Waals surface area contributed by atoms with E-state index in [1.165, 1.54) is 0 Å². The van der Waals surface area contributed by atoms with Crippen LogP contribution in [0.2, 0.25) is 0 Å². The van der Waals surface area contributed by atoms with E-state index in [0.717, 1.165) is 0 Å². The molecular weight excluding hydrogens is 144 g/mol. The predicted octanol–water partition coefficient (Wildman–Crippen LogP) is 0.405. The van der Waals surface area contributed by atoms with Crippen molar-refractivity contribution in [1.82, 2.24) is 0 Å². The average Bonchev–Trinajstić information content (AvgIpc) is 2.19. The zero-order chi connectivity index (χ0) is 8.43. The molecular formula is C8H10O3. The topological polar surface area (TPSA) is 46.5 Å². The number of esters is 1. The van der Waals surface area contributed by atoms with Crippen LogP contribution in [0.4, 0.5) is 0 Å². The van der Waals surface area contributed by atoms with Crippen molar-refractivity contribution in [2.45, 2.75) is 18.6 Å². The van der Waals surface area contributed by atoms with Gasteiger partial charge < -0.3 is 9.84 Å². The van der Waals surface area contributed by atoms with Crippen molar-refractivity contribution in [2.24, 2.45) is 0 Å². The summed E-state index contributed by atoms with van der Waals surface area (Å²) in [6, 6.07) is 0. The quantitative estimate of drug-likeness (QED) is 0.356. The van der Waals surface area contributed by atoms with Gasteiger partial charge in [-0.15, -0.1) is 6.58 Å². The van der Waals surface area contributed by atoms with Crippen LogP contribution in [0.5, 0.6) is 0 Å². The monoisotopic (exact) mass is 154 g/mol. The third-order valence-corrected chi connectivity index (χ3v) is 1.63. The minimum atomic E-state index is -0.861. The van der Waals surface area contributed by atoms with E-state index < -0.39 is 18.2 Å². The Morgan fingerprint density at radius 2 is 2.36 bits per heavy atom. The molecule has 1 heterocycles. The fourth-order valence-corrected chi connectivity index (χ4v) is 0.964. The van der Waals surface area contributed by atoms with Crippen molar-refractivity contribution in [1.29, 1.82) is 0 Å². The number of ether oxygens (including phenoxy) is 1. The molecule has 2 atom stereocenters. The maximum Gasteiger partial charge on any atom is 0.336 e. The predicted molar refractivity (Wildman–Crippen MR) is 39.8 cm³/mol. The van der Waals surface area contributed by atoms with Gasteiger partial charge in [-0.25, -0.2) is 4.79 Å². The van der Waals surface area contributed by atoms with Crippen LogP contribution in [-0.4, -0.2) is 23.3 Å². The summed E-state index contributed by atoms with van der Waals surface area (Å²) < 4.78 is 4.77. The largest absolute Gasteiger partial charge is 0.455 e. The van der Waals surface area contributed by atoms with Gasteiger partial charge in [-0.3, -0.25) is 0 Å². The zero-order valence-electron chi connectivity index (χ0n) is 6.12. The lowest BCUT2D eigenvalue weighted by Crippen LogP contribution is -2.20. The van der Waals surface area contributed by atoms with E-state index in [0.29, 0.717) is 6.42 Å².